The molecule has 1 aliphatic carbocycles. The summed E-state index contributed by atoms with van der Waals surface area (Å²) in [5, 5.41) is 2.82. The van der Waals surface area contributed by atoms with Crippen molar-refractivity contribution in [2.24, 2.45) is 0 Å². The molecule has 1 heterocycles. The summed E-state index contributed by atoms with van der Waals surface area (Å²) in [5.41, 5.74) is 2.12. The van der Waals surface area contributed by atoms with Crippen LogP contribution in [0.15, 0.2) is 41.0 Å². The molecule has 0 unspecified atom stereocenters. The third-order valence-corrected chi connectivity index (χ3v) is 4.92. The van der Waals surface area contributed by atoms with E-state index in [-0.39, 0.29) is 17.6 Å². The van der Waals surface area contributed by atoms with E-state index in [1.807, 2.05) is 31.0 Å². The summed E-state index contributed by atoms with van der Waals surface area (Å²) in [5.74, 6) is -0.0748. The van der Waals surface area contributed by atoms with Crippen LogP contribution in [0.4, 0.5) is 5.69 Å². The normalized spacial score (nSPS) is 15.0. The highest BCUT2D eigenvalue weighted by atomic mass is 16.3. The molecule has 5 heteroatoms. The van der Waals surface area contributed by atoms with Crippen molar-refractivity contribution in [2.45, 2.75) is 45.1 Å². The Hall–Kier alpha value is -2.56. The van der Waals surface area contributed by atoms with Crippen LogP contribution < -0.4 is 5.32 Å². The highest BCUT2D eigenvalue weighted by Crippen LogP contribution is 2.24. The maximum absolute atomic E-state index is 12.8. The minimum atomic E-state index is -0.321. The topological polar surface area (TPSA) is 62.6 Å². The van der Waals surface area contributed by atoms with E-state index < -0.39 is 0 Å². The highest BCUT2D eigenvalue weighted by Gasteiger charge is 2.23. The van der Waals surface area contributed by atoms with Gasteiger partial charge in [-0.2, -0.15) is 0 Å². The van der Waals surface area contributed by atoms with Crippen LogP contribution in [0.25, 0.3) is 0 Å². The maximum Gasteiger partial charge on any atom is 0.291 e. The molecule has 3 rings (SSSR count). The van der Waals surface area contributed by atoms with Gasteiger partial charge in [-0.3, -0.25) is 9.59 Å². The molecule has 1 aliphatic rings. The first kappa shape index (κ1) is 17.3. The smallest absolute Gasteiger partial charge is 0.291 e. The lowest BCUT2D eigenvalue weighted by molar-refractivity contribution is 0.0696. The number of carbonyl (C=O) groups is 2. The molecule has 0 atom stereocenters. The number of nitrogens with one attached hydrogen (secondary N) is 1. The molecule has 0 spiro atoms. The van der Waals surface area contributed by atoms with E-state index in [4.69, 9.17) is 4.42 Å². The van der Waals surface area contributed by atoms with Crippen molar-refractivity contribution in [2.75, 3.05) is 12.4 Å². The Bertz CT molecular complexity index is 746. The van der Waals surface area contributed by atoms with Crippen LogP contribution in [-0.4, -0.2) is 29.8 Å². The number of furan rings is 1. The molecule has 2 aromatic rings. The van der Waals surface area contributed by atoms with Crippen molar-refractivity contribution in [1.82, 2.24) is 4.90 Å². The molecular formula is C20H24N2O3. The van der Waals surface area contributed by atoms with Gasteiger partial charge in [0.15, 0.2) is 5.76 Å². The Kier molecular flexibility index (Phi) is 5.22. The second-order valence-electron chi connectivity index (χ2n) is 6.67. The van der Waals surface area contributed by atoms with Gasteiger partial charge in [0.25, 0.3) is 11.8 Å². The molecule has 0 saturated heterocycles. The second-order valence-corrected chi connectivity index (χ2v) is 6.67. The lowest BCUT2D eigenvalue weighted by atomic mass is 9.94. The van der Waals surface area contributed by atoms with Gasteiger partial charge in [0.2, 0.25) is 0 Å². The number of anilines is 1. The van der Waals surface area contributed by atoms with Gasteiger partial charge in [0.05, 0.1) is 6.26 Å². The van der Waals surface area contributed by atoms with Crippen LogP contribution in [0.5, 0.6) is 0 Å². The zero-order valence-electron chi connectivity index (χ0n) is 14.7. The molecule has 0 radical (unpaired) electrons. The van der Waals surface area contributed by atoms with Gasteiger partial charge in [-0.25, -0.2) is 0 Å². The van der Waals surface area contributed by atoms with Crippen LogP contribution in [-0.2, 0) is 0 Å². The fourth-order valence-corrected chi connectivity index (χ4v) is 3.32. The first-order chi connectivity index (χ1) is 12.1. The Labute approximate surface area is 148 Å². The molecule has 132 valence electrons. The third-order valence-electron chi connectivity index (χ3n) is 4.92. The molecule has 25 heavy (non-hydrogen) atoms. The fraction of sp³-hybridized carbons (Fsp3) is 0.400. The summed E-state index contributed by atoms with van der Waals surface area (Å²) in [7, 11) is 1.87. The van der Waals surface area contributed by atoms with E-state index in [1.54, 1.807) is 18.2 Å². The number of hydrogen-bond donors (Lipinski definition) is 1. The molecule has 1 fully saturated rings. The standard InChI is InChI=1S/C20H24N2O3/c1-14-10-11-15(20(24)22(2)16-7-4-3-5-8-16)13-17(14)21-19(23)18-9-6-12-25-18/h6,9-13,16H,3-5,7-8H2,1-2H3,(H,21,23). The van der Waals surface area contributed by atoms with Gasteiger partial charge in [-0.15, -0.1) is 0 Å². The van der Waals surface area contributed by atoms with Crippen LogP contribution >= 0.6 is 0 Å². The van der Waals surface area contributed by atoms with Gasteiger partial charge in [-0.05, 0) is 49.6 Å². The molecular weight excluding hydrogens is 316 g/mol. The first-order valence-electron chi connectivity index (χ1n) is 8.79. The number of carbonyl (C=O) groups excluding carboxylic acids is 2. The zero-order valence-corrected chi connectivity index (χ0v) is 14.7. The van der Waals surface area contributed by atoms with Gasteiger partial charge in [-0.1, -0.05) is 25.3 Å². The summed E-state index contributed by atoms with van der Waals surface area (Å²) in [6, 6.07) is 9.01. The van der Waals surface area contributed by atoms with E-state index in [2.05, 4.69) is 5.32 Å². The Morgan fingerprint density at radius 2 is 1.92 bits per heavy atom. The monoisotopic (exact) mass is 340 g/mol. The molecule has 1 N–H and O–H groups in total. The number of aryl methyl sites for hydroxylation is 1. The summed E-state index contributed by atoms with van der Waals surface area (Å²) < 4.78 is 5.12. The SMILES string of the molecule is Cc1ccc(C(=O)N(C)C2CCCCC2)cc1NC(=O)c1ccco1. The van der Waals surface area contributed by atoms with Crippen LogP contribution in [0, 0.1) is 6.92 Å². The molecule has 2 amide bonds. The Morgan fingerprint density at radius 1 is 1.16 bits per heavy atom. The molecule has 0 bridgehead atoms. The van der Waals surface area contributed by atoms with Crippen molar-refractivity contribution in [3.63, 3.8) is 0 Å². The Balaban J connectivity index is 1.76. The lowest BCUT2D eigenvalue weighted by Crippen LogP contribution is -2.38. The predicted molar refractivity (Wildman–Crippen MR) is 96.8 cm³/mol. The van der Waals surface area contributed by atoms with Gasteiger partial charge < -0.3 is 14.6 Å². The number of nitrogens with zero attached hydrogens (tertiary/aromatic N) is 1. The van der Waals surface area contributed by atoms with Crippen molar-refractivity contribution in [1.29, 1.82) is 0 Å². The number of amides is 2. The van der Waals surface area contributed by atoms with Gasteiger partial charge in [0, 0.05) is 24.3 Å². The van der Waals surface area contributed by atoms with E-state index >= 15 is 0 Å². The predicted octanol–water partition coefficient (Wildman–Crippen LogP) is 4.25. The largest absolute Gasteiger partial charge is 0.459 e. The van der Waals surface area contributed by atoms with Crippen molar-refractivity contribution in [3.05, 3.63) is 53.5 Å². The van der Waals surface area contributed by atoms with E-state index in [1.165, 1.54) is 25.5 Å². The highest BCUT2D eigenvalue weighted by molar-refractivity contribution is 6.03. The van der Waals surface area contributed by atoms with Crippen molar-refractivity contribution in [3.8, 4) is 0 Å². The molecule has 1 saturated carbocycles. The van der Waals surface area contributed by atoms with Crippen molar-refractivity contribution >= 4 is 17.5 Å². The van der Waals surface area contributed by atoms with Crippen molar-refractivity contribution < 1.29 is 14.0 Å². The zero-order chi connectivity index (χ0) is 17.8. The minimum Gasteiger partial charge on any atom is -0.459 e. The number of hydrogen-bond acceptors (Lipinski definition) is 3. The minimum absolute atomic E-state index is 0.000368. The molecule has 0 aliphatic heterocycles. The molecule has 5 nitrogen and oxygen atoms in total. The molecule has 1 aromatic heterocycles. The average Bonchev–Trinajstić information content (AvgIpc) is 3.18. The van der Waals surface area contributed by atoms with Crippen LogP contribution in [0.1, 0.15) is 58.6 Å². The number of rotatable bonds is 4. The van der Waals surface area contributed by atoms with Gasteiger partial charge >= 0.3 is 0 Å². The second kappa shape index (κ2) is 7.55. The number of benzene rings is 1. The van der Waals surface area contributed by atoms with E-state index in [9.17, 15) is 9.59 Å². The quantitative estimate of drug-likeness (QED) is 0.905. The third kappa shape index (κ3) is 3.92. The maximum atomic E-state index is 12.8. The summed E-state index contributed by atoms with van der Waals surface area (Å²) >= 11 is 0. The van der Waals surface area contributed by atoms with Gasteiger partial charge in [0.1, 0.15) is 0 Å². The Morgan fingerprint density at radius 3 is 2.60 bits per heavy atom. The van der Waals surface area contributed by atoms with Crippen LogP contribution in [0.3, 0.4) is 0 Å². The lowest BCUT2D eigenvalue weighted by Gasteiger charge is -2.31. The summed E-state index contributed by atoms with van der Waals surface area (Å²) in [6.45, 7) is 1.90. The molecule has 1 aromatic carbocycles. The van der Waals surface area contributed by atoms with E-state index in [0.29, 0.717) is 17.3 Å². The van der Waals surface area contributed by atoms with Crippen LogP contribution in [0.2, 0.25) is 0 Å². The summed E-state index contributed by atoms with van der Waals surface area (Å²) in [6.07, 6.45) is 7.21. The average molecular weight is 340 g/mol. The summed E-state index contributed by atoms with van der Waals surface area (Å²) in [4.78, 5) is 26.9. The first-order valence-corrected chi connectivity index (χ1v) is 8.79. The van der Waals surface area contributed by atoms with E-state index in [0.717, 1.165) is 18.4 Å². The fourth-order valence-electron chi connectivity index (χ4n) is 3.32.